The minimum atomic E-state index is -0.891. The molecule has 0 atom stereocenters. The molecule has 6 nitrogen and oxygen atoms in total. The predicted octanol–water partition coefficient (Wildman–Crippen LogP) is -1.34. The Labute approximate surface area is 88.2 Å². The molecule has 1 heterocycles. The number of carbonyl (C=O) groups is 2. The van der Waals surface area contributed by atoms with E-state index >= 15 is 0 Å². The standard InChI is InChI=1S/C9H17N3O3/c1-8(2,7(10)15)12-9(3-6(13)14)4-11-5-9/h11-12H,3-5H2,1-2H3,(H2,10,15)(H,13,14). The number of carbonyl (C=O) groups excluding carboxylic acids is 1. The number of carboxylic acids is 1. The quantitative estimate of drug-likeness (QED) is 0.454. The van der Waals surface area contributed by atoms with Crippen molar-refractivity contribution >= 4 is 11.9 Å². The zero-order valence-electron chi connectivity index (χ0n) is 8.96. The lowest BCUT2D eigenvalue weighted by molar-refractivity contribution is -0.140. The highest BCUT2D eigenvalue weighted by atomic mass is 16.4. The van der Waals surface area contributed by atoms with Crippen molar-refractivity contribution in [1.82, 2.24) is 10.6 Å². The van der Waals surface area contributed by atoms with E-state index in [1.54, 1.807) is 13.8 Å². The predicted molar refractivity (Wildman–Crippen MR) is 54.3 cm³/mol. The molecule has 0 aliphatic carbocycles. The van der Waals surface area contributed by atoms with Crippen LogP contribution in [0.1, 0.15) is 20.3 Å². The summed E-state index contributed by atoms with van der Waals surface area (Å²) in [7, 11) is 0. The van der Waals surface area contributed by atoms with Gasteiger partial charge in [-0.2, -0.15) is 0 Å². The summed E-state index contributed by atoms with van der Waals surface area (Å²) < 4.78 is 0. The minimum Gasteiger partial charge on any atom is -0.481 e. The molecule has 1 aliphatic rings. The number of nitrogens with two attached hydrogens (primary N) is 1. The molecular formula is C9H17N3O3. The maximum atomic E-state index is 11.1. The van der Waals surface area contributed by atoms with Gasteiger partial charge in [0.2, 0.25) is 5.91 Å². The van der Waals surface area contributed by atoms with Gasteiger partial charge in [-0.15, -0.1) is 0 Å². The zero-order valence-corrected chi connectivity index (χ0v) is 8.96. The Morgan fingerprint density at radius 2 is 2.07 bits per heavy atom. The van der Waals surface area contributed by atoms with Gasteiger partial charge < -0.3 is 16.2 Å². The second-order valence-corrected chi connectivity index (χ2v) is 4.57. The third kappa shape index (κ3) is 2.66. The zero-order chi connectivity index (χ0) is 11.7. The summed E-state index contributed by atoms with van der Waals surface area (Å²) in [5.74, 6) is -1.37. The van der Waals surface area contributed by atoms with E-state index in [0.717, 1.165) is 0 Å². The number of amides is 1. The second kappa shape index (κ2) is 3.79. The van der Waals surface area contributed by atoms with E-state index in [4.69, 9.17) is 10.8 Å². The third-order valence-electron chi connectivity index (χ3n) is 2.61. The van der Waals surface area contributed by atoms with E-state index < -0.39 is 23.0 Å². The second-order valence-electron chi connectivity index (χ2n) is 4.57. The molecule has 15 heavy (non-hydrogen) atoms. The van der Waals surface area contributed by atoms with Gasteiger partial charge in [0.15, 0.2) is 0 Å². The Balaban J connectivity index is 2.68. The van der Waals surface area contributed by atoms with Crippen molar-refractivity contribution < 1.29 is 14.7 Å². The summed E-state index contributed by atoms with van der Waals surface area (Å²) in [5.41, 5.74) is 3.78. The van der Waals surface area contributed by atoms with Gasteiger partial charge in [-0.25, -0.2) is 0 Å². The fraction of sp³-hybridized carbons (Fsp3) is 0.778. The molecule has 0 aromatic carbocycles. The molecule has 0 unspecified atom stereocenters. The summed E-state index contributed by atoms with van der Waals surface area (Å²) >= 11 is 0. The number of hydrogen-bond acceptors (Lipinski definition) is 4. The van der Waals surface area contributed by atoms with E-state index in [9.17, 15) is 9.59 Å². The summed E-state index contributed by atoms with van der Waals surface area (Å²) in [6.07, 6.45) is -0.0172. The lowest BCUT2D eigenvalue weighted by Gasteiger charge is -2.46. The van der Waals surface area contributed by atoms with E-state index in [1.165, 1.54) is 0 Å². The summed E-state index contributed by atoms with van der Waals surface area (Å²) in [6.45, 7) is 4.38. The molecule has 0 bridgehead atoms. The van der Waals surface area contributed by atoms with Crippen LogP contribution < -0.4 is 16.4 Å². The summed E-state index contributed by atoms with van der Waals surface area (Å²) in [6, 6.07) is 0. The normalized spacial score (nSPS) is 19.3. The first-order valence-electron chi connectivity index (χ1n) is 4.79. The molecule has 1 amide bonds. The number of hydrogen-bond donors (Lipinski definition) is 4. The van der Waals surface area contributed by atoms with Crippen LogP contribution in [0.4, 0.5) is 0 Å². The molecule has 0 aromatic heterocycles. The highest BCUT2D eigenvalue weighted by molar-refractivity contribution is 5.84. The highest BCUT2D eigenvalue weighted by Gasteiger charge is 2.44. The molecule has 1 rings (SSSR count). The number of rotatable bonds is 5. The number of nitrogens with one attached hydrogen (secondary N) is 2. The summed E-state index contributed by atoms with van der Waals surface area (Å²) in [4.78, 5) is 21.8. The van der Waals surface area contributed by atoms with Crippen LogP contribution in [0.25, 0.3) is 0 Å². The van der Waals surface area contributed by atoms with Crippen molar-refractivity contribution in [3.8, 4) is 0 Å². The van der Waals surface area contributed by atoms with Crippen LogP contribution in [-0.4, -0.2) is 41.2 Å². The Morgan fingerprint density at radius 1 is 1.53 bits per heavy atom. The molecule has 0 aromatic rings. The van der Waals surface area contributed by atoms with Gasteiger partial charge in [0, 0.05) is 13.1 Å². The lowest BCUT2D eigenvalue weighted by Crippen LogP contribution is -2.74. The van der Waals surface area contributed by atoms with E-state index in [1.807, 2.05) is 0 Å². The first-order chi connectivity index (χ1) is 6.77. The smallest absolute Gasteiger partial charge is 0.305 e. The Bertz CT molecular complexity index is 284. The molecular weight excluding hydrogens is 198 g/mol. The Morgan fingerprint density at radius 3 is 2.33 bits per heavy atom. The van der Waals surface area contributed by atoms with Gasteiger partial charge >= 0.3 is 5.97 Å². The van der Waals surface area contributed by atoms with Gasteiger partial charge in [0.1, 0.15) is 0 Å². The van der Waals surface area contributed by atoms with Crippen molar-refractivity contribution in [3.05, 3.63) is 0 Å². The number of carboxylic acid groups (broad SMARTS) is 1. The summed E-state index contributed by atoms with van der Waals surface area (Å²) in [5, 5.41) is 14.8. The largest absolute Gasteiger partial charge is 0.481 e. The van der Waals surface area contributed by atoms with Gasteiger partial charge in [-0.1, -0.05) is 0 Å². The molecule has 0 spiro atoms. The van der Waals surface area contributed by atoms with E-state index in [2.05, 4.69) is 10.6 Å². The lowest BCUT2D eigenvalue weighted by atomic mass is 9.85. The van der Waals surface area contributed by atoms with Crippen molar-refractivity contribution in [1.29, 1.82) is 0 Å². The molecule has 86 valence electrons. The molecule has 1 saturated heterocycles. The fourth-order valence-corrected chi connectivity index (χ4v) is 1.70. The van der Waals surface area contributed by atoms with Gasteiger partial charge in [-0.05, 0) is 13.8 Å². The molecule has 1 fully saturated rings. The molecule has 0 radical (unpaired) electrons. The first-order valence-corrected chi connectivity index (χ1v) is 4.79. The molecule has 0 saturated carbocycles. The van der Waals surface area contributed by atoms with Crippen LogP contribution in [0, 0.1) is 0 Å². The van der Waals surface area contributed by atoms with E-state index in [-0.39, 0.29) is 6.42 Å². The first kappa shape index (κ1) is 11.9. The Hall–Kier alpha value is -1.14. The van der Waals surface area contributed by atoms with E-state index in [0.29, 0.717) is 13.1 Å². The topological polar surface area (TPSA) is 104 Å². The van der Waals surface area contributed by atoms with Gasteiger partial charge in [-0.3, -0.25) is 14.9 Å². The van der Waals surface area contributed by atoms with Gasteiger partial charge in [0.05, 0.1) is 17.5 Å². The SMILES string of the molecule is CC(C)(NC1(CC(=O)O)CNC1)C(N)=O. The third-order valence-corrected chi connectivity index (χ3v) is 2.61. The van der Waals surface area contributed by atoms with Crippen LogP contribution in [-0.2, 0) is 9.59 Å². The van der Waals surface area contributed by atoms with Crippen molar-refractivity contribution in [2.45, 2.75) is 31.3 Å². The molecule has 6 heteroatoms. The molecule has 1 aliphatic heterocycles. The van der Waals surface area contributed by atoms with Crippen molar-refractivity contribution in [2.24, 2.45) is 5.73 Å². The fourth-order valence-electron chi connectivity index (χ4n) is 1.70. The van der Waals surface area contributed by atoms with Crippen molar-refractivity contribution in [2.75, 3.05) is 13.1 Å². The van der Waals surface area contributed by atoms with Crippen LogP contribution in [0.15, 0.2) is 0 Å². The monoisotopic (exact) mass is 215 g/mol. The van der Waals surface area contributed by atoms with Crippen LogP contribution in [0.5, 0.6) is 0 Å². The Kier molecular flexibility index (Phi) is 3.01. The average molecular weight is 215 g/mol. The molecule has 5 N–H and O–H groups in total. The van der Waals surface area contributed by atoms with Crippen molar-refractivity contribution in [3.63, 3.8) is 0 Å². The highest BCUT2D eigenvalue weighted by Crippen LogP contribution is 2.20. The van der Waals surface area contributed by atoms with Crippen LogP contribution >= 0.6 is 0 Å². The van der Waals surface area contributed by atoms with Crippen LogP contribution in [0.2, 0.25) is 0 Å². The number of aliphatic carboxylic acids is 1. The minimum absolute atomic E-state index is 0.0172. The average Bonchev–Trinajstić information content (AvgIpc) is 1.98. The van der Waals surface area contributed by atoms with Gasteiger partial charge in [0.25, 0.3) is 0 Å². The maximum absolute atomic E-state index is 11.1. The number of primary amides is 1. The maximum Gasteiger partial charge on any atom is 0.305 e. The van der Waals surface area contributed by atoms with Crippen LogP contribution in [0.3, 0.4) is 0 Å².